The second-order valence-corrected chi connectivity index (χ2v) is 5.34. The predicted molar refractivity (Wildman–Crippen MR) is 81.7 cm³/mol. The molecular formula is C17H17F2NO2. The highest BCUT2D eigenvalue weighted by Gasteiger charge is 2.35. The highest BCUT2D eigenvalue weighted by Crippen LogP contribution is 2.48. The minimum Gasteiger partial charge on any atom is -0.494 e. The second-order valence-electron chi connectivity index (χ2n) is 5.34. The highest BCUT2D eigenvalue weighted by atomic mass is 19.2. The van der Waals surface area contributed by atoms with Crippen LogP contribution in [0.4, 0.5) is 14.5 Å². The summed E-state index contributed by atoms with van der Waals surface area (Å²) in [4.78, 5) is 1.87. The first-order valence-corrected chi connectivity index (χ1v) is 7.12. The van der Waals surface area contributed by atoms with Gasteiger partial charge in [-0.05, 0) is 25.5 Å². The van der Waals surface area contributed by atoms with Crippen molar-refractivity contribution in [3.63, 3.8) is 0 Å². The Hall–Kier alpha value is -2.30. The molecule has 0 saturated heterocycles. The third-order valence-corrected chi connectivity index (χ3v) is 3.89. The van der Waals surface area contributed by atoms with Gasteiger partial charge in [-0.15, -0.1) is 0 Å². The molecule has 0 radical (unpaired) electrons. The first-order chi connectivity index (χ1) is 10.5. The summed E-state index contributed by atoms with van der Waals surface area (Å²) in [5.41, 5.74) is 2.23. The number of hydrogen-bond donors (Lipinski definition) is 0. The van der Waals surface area contributed by atoms with E-state index in [1.54, 1.807) is 0 Å². The molecule has 2 aliphatic rings. The lowest BCUT2D eigenvalue weighted by Gasteiger charge is -2.39. The topological polar surface area (TPSA) is 21.7 Å². The molecule has 1 atom stereocenters. The van der Waals surface area contributed by atoms with Crippen molar-refractivity contribution >= 4 is 11.3 Å². The number of hydrogen-bond acceptors (Lipinski definition) is 3. The highest BCUT2D eigenvalue weighted by molar-refractivity contribution is 5.94. The van der Waals surface area contributed by atoms with Gasteiger partial charge in [0.2, 0.25) is 5.82 Å². The molecule has 0 aromatic heterocycles. The maximum atomic E-state index is 14.0. The average molecular weight is 305 g/mol. The number of benzene rings is 1. The van der Waals surface area contributed by atoms with Crippen LogP contribution in [-0.2, 0) is 4.74 Å². The summed E-state index contributed by atoms with van der Waals surface area (Å²) >= 11 is 0. The van der Waals surface area contributed by atoms with Crippen LogP contribution in [-0.4, -0.2) is 19.3 Å². The summed E-state index contributed by atoms with van der Waals surface area (Å²) in [5, 5.41) is 0. The number of halogens is 2. The number of ether oxygens (including phenoxy) is 2. The van der Waals surface area contributed by atoms with Crippen molar-refractivity contribution in [2.45, 2.75) is 19.9 Å². The SMILES string of the molecule is C=C(OCC)C1=CN2c3c(cc(F)c(F)c3OCC2C)C1=C. The van der Waals surface area contributed by atoms with Gasteiger partial charge in [-0.25, -0.2) is 4.39 Å². The third-order valence-electron chi connectivity index (χ3n) is 3.89. The van der Waals surface area contributed by atoms with Gasteiger partial charge in [-0.1, -0.05) is 13.2 Å². The first kappa shape index (κ1) is 14.6. The molecule has 1 aromatic rings. The van der Waals surface area contributed by atoms with Crippen molar-refractivity contribution in [1.29, 1.82) is 0 Å². The molecule has 0 amide bonds. The van der Waals surface area contributed by atoms with Gasteiger partial charge in [0, 0.05) is 17.3 Å². The van der Waals surface area contributed by atoms with E-state index in [1.165, 1.54) is 0 Å². The van der Waals surface area contributed by atoms with E-state index in [9.17, 15) is 8.78 Å². The van der Waals surface area contributed by atoms with E-state index >= 15 is 0 Å². The Labute approximate surface area is 128 Å². The van der Waals surface area contributed by atoms with E-state index in [2.05, 4.69) is 13.2 Å². The summed E-state index contributed by atoms with van der Waals surface area (Å²) in [5.74, 6) is -1.52. The van der Waals surface area contributed by atoms with E-state index < -0.39 is 11.6 Å². The summed E-state index contributed by atoms with van der Waals surface area (Å²) < 4.78 is 38.7. The van der Waals surface area contributed by atoms with Gasteiger partial charge in [-0.2, -0.15) is 4.39 Å². The van der Waals surface area contributed by atoms with Crippen LogP contribution in [0.3, 0.4) is 0 Å². The van der Waals surface area contributed by atoms with Gasteiger partial charge in [0.1, 0.15) is 12.4 Å². The van der Waals surface area contributed by atoms with Crippen LogP contribution in [0.25, 0.3) is 5.57 Å². The molecule has 3 rings (SSSR count). The molecule has 1 unspecified atom stereocenters. The maximum Gasteiger partial charge on any atom is 0.202 e. The molecule has 2 aliphatic heterocycles. The molecule has 0 aliphatic carbocycles. The molecule has 0 N–H and O–H groups in total. The molecule has 5 heteroatoms. The first-order valence-electron chi connectivity index (χ1n) is 7.12. The molecule has 0 spiro atoms. The Morgan fingerprint density at radius 2 is 2.23 bits per heavy atom. The van der Waals surface area contributed by atoms with Crippen LogP contribution < -0.4 is 9.64 Å². The monoisotopic (exact) mass is 305 g/mol. The molecule has 116 valence electrons. The summed E-state index contributed by atoms with van der Waals surface area (Å²) in [6, 6.07) is 1.13. The van der Waals surface area contributed by atoms with Gasteiger partial charge >= 0.3 is 0 Å². The smallest absolute Gasteiger partial charge is 0.202 e. The van der Waals surface area contributed by atoms with Crippen molar-refractivity contribution in [2.24, 2.45) is 0 Å². The normalized spacial score (nSPS) is 19.3. The Bertz CT molecular complexity index is 709. The van der Waals surface area contributed by atoms with E-state index in [0.717, 1.165) is 6.07 Å². The number of allylic oxidation sites excluding steroid dienone is 1. The Balaban J connectivity index is 2.20. The van der Waals surface area contributed by atoms with Crippen LogP contribution in [0.1, 0.15) is 19.4 Å². The van der Waals surface area contributed by atoms with Gasteiger partial charge < -0.3 is 14.4 Å². The van der Waals surface area contributed by atoms with Crippen molar-refractivity contribution in [1.82, 2.24) is 0 Å². The maximum absolute atomic E-state index is 14.0. The van der Waals surface area contributed by atoms with Gasteiger partial charge in [0.15, 0.2) is 11.6 Å². The van der Waals surface area contributed by atoms with Crippen molar-refractivity contribution in [3.8, 4) is 5.75 Å². The Morgan fingerprint density at radius 3 is 2.91 bits per heavy atom. The molecular weight excluding hydrogens is 288 g/mol. The fourth-order valence-electron chi connectivity index (χ4n) is 2.76. The Kier molecular flexibility index (Phi) is 3.43. The number of anilines is 1. The number of nitrogens with zero attached hydrogens (tertiary/aromatic N) is 1. The molecule has 0 bridgehead atoms. The zero-order chi connectivity index (χ0) is 16.0. The fraction of sp³-hybridized carbons (Fsp3) is 0.294. The van der Waals surface area contributed by atoms with E-state index in [-0.39, 0.29) is 18.4 Å². The predicted octanol–water partition coefficient (Wildman–Crippen LogP) is 4.01. The summed E-state index contributed by atoms with van der Waals surface area (Å²) in [7, 11) is 0. The minimum atomic E-state index is -0.969. The lowest BCUT2D eigenvalue weighted by Crippen LogP contribution is -2.40. The molecule has 0 saturated carbocycles. The van der Waals surface area contributed by atoms with Crippen molar-refractivity contribution in [2.75, 3.05) is 18.1 Å². The molecule has 2 heterocycles. The zero-order valence-electron chi connectivity index (χ0n) is 12.6. The second kappa shape index (κ2) is 5.16. The average Bonchev–Trinajstić information content (AvgIpc) is 2.48. The number of rotatable bonds is 3. The summed E-state index contributed by atoms with van der Waals surface area (Å²) in [6.07, 6.45) is 1.82. The Morgan fingerprint density at radius 1 is 1.50 bits per heavy atom. The van der Waals surface area contributed by atoms with Gasteiger partial charge in [-0.3, -0.25) is 0 Å². The molecule has 0 fully saturated rings. The lowest BCUT2D eigenvalue weighted by atomic mass is 9.91. The van der Waals surface area contributed by atoms with E-state index in [1.807, 2.05) is 24.9 Å². The molecule has 3 nitrogen and oxygen atoms in total. The largest absolute Gasteiger partial charge is 0.494 e. The quantitative estimate of drug-likeness (QED) is 0.788. The van der Waals surface area contributed by atoms with Crippen LogP contribution >= 0.6 is 0 Å². The third kappa shape index (κ3) is 2.00. The van der Waals surface area contributed by atoms with Crippen LogP contribution in [0.2, 0.25) is 0 Å². The minimum absolute atomic E-state index is 0.0198. The van der Waals surface area contributed by atoms with Crippen LogP contribution in [0.5, 0.6) is 5.75 Å². The zero-order valence-corrected chi connectivity index (χ0v) is 12.6. The van der Waals surface area contributed by atoms with Crippen molar-refractivity contribution in [3.05, 3.63) is 54.0 Å². The van der Waals surface area contributed by atoms with Crippen LogP contribution in [0, 0.1) is 11.6 Å². The standard InChI is InChI=1S/C17H17F2NO2/c1-5-21-11(4)13-7-20-9(2)8-22-17-15(19)14(18)6-12(10(13)3)16(17)20/h6-7,9H,3-5,8H2,1-2H3. The van der Waals surface area contributed by atoms with E-state index in [0.29, 0.717) is 34.8 Å². The van der Waals surface area contributed by atoms with Crippen LogP contribution in [0.15, 0.2) is 36.8 Å². The van der Waals surface area contributed by atoms with Gasteiger partial charge in [0.25, 0.3) is 0 Å². The molecule has 22 heavy (non-hydrogen) atoms. The fourth-order valence-corrected chi connectivity index (χ4v) is 2.76. The molecule has 1 aromatic carbocycles. The van der Waals surface area contributed by atoms with Crippen molar-refractivity contribution < 1.29 is 18.3 Å². The van der Waals surface area contributed by atoms with E-state index in [4.69, 9.17) is 9.47 Å². The van der Waals surface area contributed by atoms with Gasteiger partial charge in [0.05, 0.1) is 18.3 Å². The summed E-state index contributed by atoms with van der Waals surface area (Å²) in [6.45, 7) is 12.4. The lowest BCUT2D eigenvalue weighted by molar-refractivity contribution is 0.239.